The van der Waals surface area contributed by atoms with Crippen molar-refractivity contribution in [1.29, 1.82) is 0 Å². The molecule has 1 aliphatic rings. The van der Waals surface area contributed by atoms with Crippen molar-refractivity contribution in [3.8, 4) is 0 Å². The lowest BCUT2D eigenvalue weighted by molar-refractivity contribution is 0.0857. The zero-order valence-corrected chi connectivity index (χ0v) is 13.1. The van der Waals surface area contributed by atoms with E-state index in [9.17, 15) is 0 Å². The predicted octanol–water partition coefficient (Wildman–Crippen LogP) is 3.30. The Morgan fingerprint density at radius 3 is 2.32 bits per heavy atom. The summed E-state index contributed by atoms with van der Waals surface area (Å²) >= 11 is 0. The molecule has 2 heteroatoms. The van der Waals surface area contributed by atoms with Crippen LogP contribution in [-0.2, 0) is 0 Å². The fraction of sp³-hybridized carbons (Fsp3) is 0.647. The number of rotatable bonds is 2. The molecule has 1 aromatic rings. The number of nitrogens with one attached hydrogen (secondary N) is 1. The summed E-state index contributed by atoms with van der Waals surface area (Å²) in [4.78, 5) is 2.65. The lowest BCUT2D eigenvalue weighted by Crippen LogP contribution is -2.48. The first-order chi connectivity index (χ1) is 8.89. The lowest BCUT2D eigenvalue weighted by Gasteiger charge is -2.43. The van der Waals surface area contributed by atoms with Gasteiger partial charge in [0, 0.05) is 32.2 Å². The second-order valence-electron chi connectivity index (χ2n) is 6.91. The molecule has 2 nitrogen and oxygen atoms in total. The first-order valence-corrected chi connectivity index (χ1v) is 7.41. The van der Waals surface area contributed by atoms with E-state index >= 15 is 0 Å². The summed E-state index contributed by atoms with van der Waals surface area (Å²) in [6.07, 6.45) is 0. The average Bonchev–Trinajstić information content (AvgIpc) is 2.33. The van der Waals surface area contributed by atoms with Crippen LogP contribution in [0.3, 0.4) is 0 Å². The highest BCUT2D eigenvalue weighted by Gasteiger charge is 2.33. The van der Waals surface area contributed by atoms with Crippen LogP contribution in [0.4, 0.5) is 0 Å². The van der Waals surface area contributed by atoms with Crippen molar-refractivity contribution in [2.45, 2.75) is 40.7 Å². The van der Waals surface area contributed by atoms with E-state index < -0.39 is 0 Å². The van der Waals surface area contributed by atoms with Gasteiger partial charge in [-0.15, -0.1) is 0 Å². The number of aryl methyl sites for hydroxylation is 2. The molecule has 0 aromatic heterocycles. The SMILES string of the molecule is Cc1ccc(C)c([C@@H](N2CCNCC2)C(C)(C)C)c1. The van der Waals surface area contributed by atoms with E-state index in [-0.39, 0.29) is 5.41 Å². The molecule has 0 radical (unpaired) electrons. The van der Waals surface area contributed by atoms with Crippen LogP contribution in [0, 0.1) is 19.3 Å². The first kappa shape index (κ1) is 14.5. The minimum absolute atomic E-state index is 0.260. The van der Waals surface area contributed by atoms with Gasteiger partial charge in [0.1, 0.15) is 0 Å². The van der Waals surface area contributed by atoms with Crippen LogP contribution in [0.5, 0.6) is 0 Å². The van der Waals surface area contributed by atoms with Gasteiger partial charge in [-0.2, -0.15) is 0 Å². The smallest absolute Gasteiger partial charge is 0.0400 e. The van der Waals surface area contributed by atoms with Gasteiger partial charge in [0.2, 0.25) is 0 Å². The molecule has 0 aliphatic carbocycles. The standard InChI is InChI=1S/C17H28N2/c1-13-6-7-14(2)15(12-13)16(17(3,4)5)19-10-8-18-9-11-19/h6-7,12,16,18H,8-11H2,1-5H3/t16-/m1/s1. The summed E-state index contributed by atoms with van der Waals surface area (Å²) in [7, 11) is 0. The van der Waals surface area contributed by atoms with E-state index in [1.165, 1.54) is 16.7 Å². The van der Waals surface area contributed by atoms with Gasteiger partial charge in [-0.25, -0.2) is 0 Å². The van der Waals surface area contributed by atoms with Crippen molar-refractivity contribution in [3.05, 3.63) is 34.9 Å². The Bertz CT molecular complexity index is 425. The Balaban J connectivity index is 2.39. The molecule has 0 unspecified atom stereocenters. The Morgan fingerprint density at radius 1 is 1.11 bits per heavy atom. The Morgan fingerprint density at radius 2 is 1.74 bits per heavy atom. The largest absolute Gasteiger partial charge is 0.314 e. The maximum absolute atomic E-state index is 3.46. The monoisotopic (exact) mass is 260 g/mol. The van der Waals surface area contributed by atoms with E-state index in [2.05, 4.69) is 63.0 Å². The summed E-state index contributed by atoms with van der Waals surface area (Å²) in [6, 6.07) is 7.38. The quantitative estimate of drug-likeness (QED) is 0.878. The van der Waals surface area contributed by atoms with Gasteiger partial charge in [0.25, 0.3) is 0 Å². The second kappa shape index (κ2) is 5.64. The molecule has 2 rings (SSSR count). The minimum Gasteiger partial charge on any atom is -0.314 e. The third kappa shape index (κ3) is 3.37. The number of hydrogen-bond acceptors (Lipinski definition) is 2. The normalized spacial score (nSPS) is 19.4. The van der Waals surface area contributed by atoms with Crippen molar-refractivity contribution in [3.63, 3.8) is 0 Å². The van der Waals surface area contributed by atoms with Crippen LogP contribution >= 0.6 is 0 Å². The Kier molecular flexibility index (Phi) is 4.32. The van der Waals surface area contributed by atoms with E-state index in [4.69, 9.17) is 0 Å². The van der Waals surface area contributed by atoms with Crippen LogP contribution in [0.2, 0.25) is 0 Å². The Hall–Kier alpha value is -0.860. The van der Waals surface area contributed by atoms with E-state index in [1.807, 2.05) is 0 Å². The van der Waals surface area contributed by atoms with Gasteiger partial charge >= 0.3 is 0 Å². The van der Waals surface area contributed by atoms with Gasteiger partial charge in [0.05, 0.1) is 0 Å². The average molecular weight is 260 g/mol. The van der Waals surface area contributed by atoms with Gasteiger partial charge < -0.3 is 5.32 Å². The van der Waals surface area contributed by atoms with Crippen molar-refractivity contribution < 1.29 is 0 Å². The van der Waals surface area contributed by atoms with Crippen molar-refractivity contribution >= 4 is 0 Å². The minimum atomic E-state index is 0.260. The highest BCUT2D eigenvalue weighted by atomic mass is 15.2. The zero-order valence-electron chi connectivity index (χ0n) is 13.1. The highest BCUT2D eigenvalue weighted by Crippen LogP contribution is 2.39. The van der Waals surface area contributed by atoms with Crippen molar-refractivity contribution in [2.24, 2.45) is 5.41 Å². The first-order valence-electron chi connectivity index (χ1n) is 7.41. The number of piperazine rings is 1. The van der Waals surface area contributed by atoms with Crippen LogP contribution in [0.15, 0.2) is 18.2 Å². The van der Waals surface area contributed by atoms with Crippen LogP contribution in [0.25, 0.3) is 0 Å². The van der Waals surface area contributed by atoms with Crippen LogP contribution in [0.1, 0.15) is 43.5 Å². The fourth-order valence-corrected chi connectivity index (χ4v) is 3.21. The molecule has 0 bridgehead atoms. The summed E-state index contributed by atoms with van der Waals surface area (Å²) in [6.45, 7) is 16.0. The van der Waals surface area contributed by atoms with Crippen molar-refractivity contribution in [2.75, 3.05) is 26.2 Å². The van der Waals surface area contributed by atoms with Gasteiger partial charge in [-0.1, -0.05) is 44.5 Å². The molecule has 1 atom stereocenters. The van der Waals surface area contributed by atoms with Crippen molar-refractivity contribution in [1.82, 2.24) is 10.2 Å². The predicted molar refractivity (Wildman–Crippen MR) is 82.6 cm³/mol. The number of hydrogen-bond donors (Lipinski definition) is 1. The molecule has 0 spiro atoms. The fourth-order valence-electron chi connectivity index (χ4n) is 3.21. The highest BCUT2D eigenvalue weighted by molar-refractivity contribution is 5.34. The molecule has 1 N–H and O–H groups in total. The lowest BCUT2D eigenvalue weighted by atomic mass is 9.79. The maximum atomic E-state index is 3.46. The van der Waals surface area contributed by atoms with E-state index in [0.29, 0.717) is 6.04 Å². The number of benzene rings is 1. The van der Waals surface area contributed by atoms with Crippen LogP contribution in [-0.4, -0.2) is 31.1 Å². The van der Waals surface area contributed by atoms with Crippen LogP contribution < -0.4 is 5.32 Å². The molecular weight excluding hydrogens is 232 g/mol. The molecule has 1 aromatic carbocycles. The number of nitrogens with zero attached hydrogens (tertiary/aromatic N) is 1. The van der Waals surface area contributed by atoms with Gasteiger partial charge in [-0.05, 0) is 30.4 Å². The summed E-state index contributed by atoms with van der Waals surface area (Å²) < 4.78 is 0. The van der Waals surface area contributed by atoms with Gasteiger partial charge in [0.15, 0.2) is 0 Å². The molecule has 1 fully saturated rings. The molecule has 1 aliphatic heterocycles. The molecule has 1 heterocycles. The van der Waals surface area contributed by atoms with E-state index in [0.717, 1.165) is 26.2 Å². The van der Waals surface area contributed by atoms with E-state index in [1.54, 1.807) is 0 Å². The summed E-state index contributed by atoms with van der Waals surface area (Å²) in [5.74, 6) is 0. The van der Waals surface area contributed by atoms with Gasteiger partial charge in [-0.3, -0.25) is 4.90 Å². The maximum Gasteiger partial charge on any atom is 0.0400 e. The summed E-state index contributed by atoms with van der Waals surface area (Å²) in [5, 5.41) is 3.46. The second-order valence-corrected chi connectivity index (χ2v) is 6.91. The Labute approximate surface area is 118 Å². The molecule has 1 saturated heterocycles. The summed E-state index contributed by atoms with van der Waals surface area (Å²) in [5.41, 5.74) is 4.55. The third-order valence-electron chi connectivity index (χ3n) is 4.07. The molecule has 0 amide bonds. The molecular formula is C17H28N2. The molecule has 106 valence electrons. The molecule has 0 saturated carbocycles. The topological polar surface area (TPSA) is 15.3 Å². The third-order valence-corrected chi connectivity index (χ3v) is 4.07. The zero-order chi connectivity index (χ0) is 14.0. The molecule has 19 heavy (non-hydrogen) atoms.